The highest BCUT2D eigenvalue weighted by Gasteiger charge is 2.08. The summed E-state index contributed by atoms with van der Waals surface area (Å²) in [5, 5.41) is 6.19. The van der Waals surface area contributed by atoms with Gasteiger partial charge in [0.05, 0.1) is 11.9 Å². The van der Waals surface area contributed by atoms with Crippen molar-refractivity contribution in [1.82, 2.24) is 10.3 Å². The van der Waals surface area contributed by atoms with E-state index in [0.29, 0.717) is 28.4 Å². The van der Waals surface area contributed by atoms with Crippen molar-refractivity contribution < 1.29 is 9.59 Å². The maximum Gasteiger partial charge on any atom is 0.255 e. The van der Waals surface area contributed by atoms with Crippen molar-refractivity contribution >= 4 is 29.1 Å². The van der Waals surface area contributed by atoms with E-state index >= 15 is 0 Å². The first-order valence-electron chi connectivity index (χ1n) is 7.96. The predicted molar refractivity (Wildman–Crippen MR) is 101 cm³/mol. The zero-order valence-electron chi connectivity index (χ0n) is 13.8. The Labute approximate surface area is 156 Å². The minimum Gasteiger partial charge on any atom is -0.348 e. The minimum atomic E-state index is -0.213. The first-order chi connectivity index (χ1) is 12.6. The van der Waals surface area contributed by atoms with Crippen LogP contribution in [0.2, 0.25) is 5.02 Å². The highest BCUT2D eigenvalue weighted by atomic mass is 35.5. The van der Waals surface area contributed by atoms with Gasteiger partial charge in [-0.3, -0.25) is 14.6 Å². The van der Waals surface area contributed by atoms with Crippen LogP contribution in [-0.4, -0.2) is 16.8 Å². The van der Waals surface area contributed by atoms with Gasteiger partial charge in [0, 0.05) is 28.9 Å². The van der Waals surface area contributed by atoms with Crippen LogP contribution in [0.3, 0.4) is 0 Å². The largest absolute Gasteiger partial charge is 0.348 e. The van der Waals surface area contributed by atoms with Crippen molar-refractivity contribution in [3.63, 3.8) is 0 Å². The van der Waals surface area contributed by atoms with Crippen LogP contribution in [-0.2, 0) is 6.54 Å². The van der Waals surface area contributed by atoms with Crippen LogP contribution in [0.5, 0.6) is 0 Å². The second kappa shape index (κ2) is 8.27. The average Bonchev–Trinajstić information content (AvgIpc) is 2.68. The summed E-state index contributed by atoms with van der Waals surface area (Å²) in [6.07, 6.45) is 3.22. The molecule has 2 amide bonds. The molecule has 3 rings (SSSR count). The van der Waals surface area contributed by atoms with E-state index in [1.807, 2.05) is 0 Å². The Bertz CT molecular complexity index is 895. The Balaban J connectivity index is 1.56. The van der Waals surface area contributed by atoms with E-state index in [9.17, 15) is 9.59 Å². The molecule has 26 heavy (non-hydrogen) atoms. The molecule has 0 bridgehead atoms. The summed E-state index contributed by atoms with van der Waals surface area (Å²) < 4.78 is 0. The normalized spacial score (nSPS) is 10.2. The number of hydrogen-bond acceptors (Lipinski definition) is 3. The molecule has 1 aromatic heterocycles. The number of carbonyl (C=O) groups is 2. The number of pyridine rings is 1. The molecule has 5 nitrogen and oxygen atoms in total. The summed E-state index contributed by atoms with van der Waals surface area (Å²) in [5.74, 6) is -0.394. The quantitative estimate of drug-likeness (QED) is 0.720. The van der Waals surface area contributed by atoms with Gasteiger partial charge in [0.1, 0.15) is 0 Å². The van der Waals surface area contributed by atoms with E-state index in [4.69, 9.17) is 11.6 Å². The number of nitrogens with one attached hydrogen (secondary N) is 2. The standard InChI is InChI=1S/C20H16ClN3O2/c21-17-9-7-15(8-10-17)19(25)23-12-14-3-5-16(6-4-14)20(26)24-18-2-1-11-22-13-18/h1-11,13H,12H2,(H,23,25)(H,24,26). The zero-order valence-corrected chi connectivity index (χ0v) is 14.5. The molecular formula is C20H16ClN3O2. The summed E-state index contributed by atoms with van der Waals surface area (Å²) in [4.78, 5) is 28.2. The van der Waals surface area contributed by atoms with E-state index in [1.165, 1.54) is 0 Å². The third-order valence-corrected chi connectivity index (χ3v) is 3.95. The van der Waals surface area contributed by atoms with Crippen LogP contribution in [0.1, 0.15) is 26.3 Å². The SMILES string of the molecule is O=C(NCc1ccc(C(=O)Nc2cccnc2)cc1)c1ccc(Cl)cc1. The topological polar surface area (TPSA) is 71.1 Å². The summed E-state index contributed by atoms with van der Waals surface area (Å²) in [7, 11) is 0. The number of benzene rings is 2. The second-order valence-corrected chi connectivity index (χ2v) is 6.02. The summed E-state index contributed by atoms with van der Waals surface area (Å²) in [6, 6.07) is 17.3. The second-order valence-electron chi connectivity index (χ2n) is 5.58. The molecule has 0 atom stereocenters. The summed E-state index contributed by atoms with van der Waals surface area (Å²) in [6.45, 7) is 0.367. The molecule has 130 valence electrons. The van der Waals surface area contributed by atoms with Gasteiger partial charge in [-0.25, -0.2) is 0 Å². The molecule has 3 aromatic rings. The number of aromatic nitrogens is 1. The zero-order chi connectivity index (χ0) is 18.4. The molecule has 0 aliphatic carbocycles. The Morgan fingerprint density at radius 3 is 2.19 bits per heavy atom. The lowest BCUT2D eigenvalue weighted by Crippen LogP contribution is -2.22. The molecule has 0 unspecified atom stereocenters. The fraction of sp³-hybridized carbons (Fsp3) is 0.0500. The Hall–Kier alpha value is -3.18. The Morgan fingerprint density at radius 2 is 1.54 bits per heavy atom. The van der Waals surface area contributed by atoms with Gasteiger partial charge in [-0.1, -0.05) is 23.7 Å². The van der Waals surface area contributed by atoms with Crippen LogP contribution >= 0.6 is 11.6 Å². The molecule has 0 saturated carbocycles. The highest BCUT2D eigenvalue weighted by molar-refractivity contribution is 6.30. The van der Waals surface area contributed by atoms with Gasteiger partial charge in [0.25, 0.3) is 11.8 Å². The van der Waals surface area contributed by atoms with Crippen LogP contribution in [0, 0.1) is 0 Å². The number of anilines is 1. The third kappa shape index (κ3) is 4.68. The Morgan fingerprint density at radius 1 is 0.885 bits per heavy atom. The fourth-order valence-corrected chi connectivity index (χ4v) is 2.43. The van der Waals surface area contributed by atoms with E-state index < -0.39 is 0 Å². The molecule has 0 saturated heterocycles. The van der Waals surface area contributed by atoms with Gasteiger partial charge in [-0.15, -0.1) is 0 Å². The van der Waals surface area contributed by atoms with Gasteiger partial charge in [-0.2, -0.15) is 0 Å². The molecule has 2 aromatic carbocycles. The van der Waals surface area contributed by atoms with Crippen molar-refractivity contribution in [3.8, 4) is 0 Å². The summed E-state index contributed by atoms with van der Waals surface area (Å²) >= 11 is 5.81. The number of amides is 2. The summed E-state index contributed by atoms with van der Waals surface area (Å²) in [5.41, 5.74) is 2.60. The molecule has 0 fully saturated rings. The lowest BCUT2D eigenvalue weighted by atomic mass is 10.1. The van der Waals surface area contributed by atoms with E-state index in [0.717, 1.165) is 5.56 Å². The average molecular weight is 366 g/mol. The van der Waals surface area contributed by atoms with Crippen molar-refractivity contribution in [2.75, 3.05) is 5.32 Å². The molecule has 2 N–H and O–H groups in total. The number of carbonyl (C=O) groups excluding carboxylic acids is 2. The molecule has 0 aliphatic heterocycles. The smallest absolute Gasteiger partial charge is 0.255 e. The fourth-order valence-electron chi connectivity index (χ4n) is 2.30. The van der Waals surface area contributed by atoms with Crippen molar-refractivity contribution in [2.24, 2.45) is 0 Å². The number of nitrogens with zero attached hydrogens (tertiary/aromatic N) is 1. The van der Waals surface area contributed by atoms with Crippen LogP contribution in [0.4, 0.5) is 5.69 Å². The van der Waals surface area contributed by atoms with E-state index in [-0.39, 0.29) is 11.8 Å². The van der Waals surface area contributed by atoms with Gasteiger partial charge in [-0.05, 0) is 54.1 Å². The van der Waals surface area contributed by atoms with E-state index in [2.05, 4.69) is 15.6 Å². The number of halogens is 1. The molecular weight excluding hydrogens is 350 g/mol. The highest BCUT2D eigenvalue weighted by Crippen LogP contribution is 2.11. The van der Waals surface area contributed by atoms with Gasteiger partial charge in [0.15, 0.2) is 0 Å². The van der Waals surface area contributed by atoms with Crippen molar-refractivity contribution in [2.45, 2.75) is 6.54 Å². The number of hydrogen-bond donors (Lipinski definition) is 2. The van der Waals surface area contributed by atoms with Crippen LogP contribution in [0.15, 0.2) is 73.1 Å². The monoisotopic (exact) mass is 365 g/mol. The first kappa shape index (κ1) is 17.6. The Kier molecular flexibility index (Phi) is 5.61. The molecule has 1 heterocycles. The maximum absolute atomic E-state index is 12.2. The van der Waals surface area contributed by atoms with Gasteiger partial charge >= 0.3 is 0 Å². The molecule has 6 heteroatoms. The maximum atomic E-state index is 12.2. The van der Waals surface area contributed by atoms with Crippen molar-refractivity contribution in [3.05, 3.63) is 94.8 Å². The number of rotatable bonds is 5. The van der Waals surface area contributed by atoms with Gasteiger partial charge in [0.2, 0.25) is 0 Å². The first-order valence-corrected chi connectivity index (χ1v) is 8.34. The lowest BCUT2D eigenvalue weighted by molar-refractivity contribution is 0.0950. The minimum absolute atomic E-state index is 0.180. The van der Waals surface area contributed by atoms with Gasteiger partial charge < -0.3 is 10.6 Å². The predicted octanol–water partition coefficient (Wildman–Crippen LogP) is 3.92. The van der Waals surface area contributed by atoms with Crippen LogP contribution in [0.25, 0.3) is 0 Å². The molecule has 0 aliphatic rings. The molecule has 0 radical (unpaired) electrons. The van der Waals surface area contributed by atoms with Crippen molar-refractivity contribution in [1.29, 1.82) is 0 Å². The van der Waals surface area contributed by atoms with Crippen LogP contribution < -0.4 is 10.6 Å². The molecule has 0 spiro atoms. The third-order valence-electron chi connectivity index (χ3n) is 3.70. The lowest BCUT2D eigenvalue weighted by Gasteiger charge is -2.07. The van der Waals surface area contributed by atoms with E-state index in [1.54, 1.807) is 73.1 Å².